The smallest absolute Gasteiger partial charge is 0.223 e. The van der Waals surface area contributed by atoms with Gasteiger partial charge >= 0.3 is 0 Å². The molecule has 0 spiro atoms. The maximum atomic E-state index is 12.4. The standard InChI is InChI=1S/C22H29N5O2/c1-14(11-23)29-19-8-6-17(7-9-19)12-24-13-18-10-20(28)26(4)22(18)21-15(2)25-27(5)16(21)3/h6-9,14,18,22,24H,10,12-13H2,1-5H3/t14-,18-,22+/m0/s1. The molecule has 0 aliphatic carbocycles. The van der Waals surface area contributed by atoms with E-state index in [9.17, 15) is 4.79 Å². The summed E-state index contributed by atoms with van der Waals surface area (Å²) in [6, 6.07) is 9.84. The van der Waals surface area contributed by atoms with Crippen LogP contribution in [-0.2, 0) is 18.4 Å². The second kappa shape index (κ2) is 8.66. The summed E-state index contributed by atoms with van der Waals surface area (Å²) >= 11 is 0. The summed E-state index contributed by atoms with van der Waals surface area (Å²) in [5.41, 5.74) is 4.40. The number of nitrogens with one attached hydrogen (secondary N) is 1. The third kappa shape index (κ3) is 4.43. The van der Waals surface area contributed by atoms with Crippen LogP contribution in [0.5, 0.6) is 5.75 Å². The number of hydrogen-bond donors (Lipinski definition) is 1. The fourth-order valence-corrected chi connectivity index (χ4v) is 4.10. The number of hydrogen-bond acceptors (Lipinski definition) is 5. The lowest BCUT2D eigenvalue weighted by atomic mass is 9.92. The van der Waals surface area contributed by atoms with E-state index in [0.29, 0.717) is 18.7 Å². The average Bonchev–Trinajstić information content (AvgIpc) is 3.11. The lowest BCUT2D eigenvalue weighted by Crippen LogP contribution is -2.29. The summed E-state index contributed by atoms with van der Waals surface area (Å²) in [6.07, 6.45) is 0.0769. The lowest BCUT2D eigenvalue weighted by Gasteiger charge is -2.26. The van der Waals surface area contributed by atoms with Crippen molar-refractivity contribution in [1.82, 2.24) is 20.0 Å². The number of likely N-dealkylation sites (tertiary alicyclic amines) is 1. The fraction of sp³-hybridized carbons (Fsp3) is 0.500. The first-order chi connectivity index (χ1) is 13.8. The SMILES string of the molecule is Cc1nn(C)c(C)c1[C@H]1[C@H](CNCc2ccc(O[C@@H](C)C#N)cc2)CC(=O)N1C. The van der Waals surface area contributed by atoms with Crippen molar-refractivity contribution in [2.24, 2.45) is 13.0 Å². The highest BCUT2D eigenvalue weighted by Gasteiger charge is 2.40. The Morgan fingerprint density at radius 2 is 2.00 bits per heavy atom. The molecule has 1 fully saturated rings. The zero-order valence-corrected chi connectivity index (χ0v) is 17.8. The molecule has 1 N–H and O–H groups in total. The predicted octanol–water partition coefficient (Wildman–Crippen LogP) is 2.64. The molecular formula is C22H29N5O2. The molecule has 7 heteroatoms. The van der Waals surface area contributed by atoms with Crippen molar-refractivity contribution >= 4 is 5.91 Å². The van der Waals surface area contributed by atoms with Gasteiger partial charge in [0.05, 0.1) is 11.7 Å². The number of carbonyl (C=O) groups excluding carboxylic acids is 1. The minimum Gasteiger partial charge on any atom is -0.476 e. The van der Waals surface area contributed by atoms with E-state index in [2.05, 4.69) is 23.4 Å². The average molecular weight is 396 g/mol. The number of nitrogens with zero attached hydrogens (tertiary/aromatic N) is 4. The van der Waals surface area contributed by atoms with Crippen LogP contribution < -0.4 is 10.1 Å². The second-order valence-electron chi connectivity index (χ2n) is 7.79. The molecule has 0 unspecified atom stereocenters. The largest absolute Gasteiger partial charge is 0.476 e. The van der Waals surface area contributed by atoms with Gasteiger partial charge in [-0.05, 0) is 38.5 Å². The normalized spacial score (nSPS) is 20.0. The van der Waals surface area contributed by atoms with E-state index in [-0.39, 0.29) is 17.9 Å². The Hall–Kier alpha value is -2.85. The van der Waals surface area contributed by atoms with Gasteiger partial charge < -0.3 is 15.0 Å². The van der Waals surface area contributed by atoms with Crippen LogP contribution in [0.3, 0.4) is 0 Å². The minimum absolute atomic E-state index is 0.0481. The Labute approximate surface area is 172 Å². The van der Waals surface area contributed by atoms with Gasteiger partial charge in [-0.3, -0.25) is 9.48 Å². The summed E-state index contributed by atoms with van der Waals surface area (Å²) in [7, 11) is 3.83. The number of nitriles is 1. The number of carbonyl (C=O) groups is 1. The van der Waals surface area contributed by atoms with E-state index < -0.39 is 6.10 Å². The van der Waals surface area contributed by atoms with Gasteiger partial charge in [0.15, 0.2) is 6.10 Å². The van der Waals surface area contributed by atoms with Gasteiger partial charge in [-0.25, -0.2) is 0 Å². The van der Waals surface area contributed by atoms with E-state index in [1.54, 1.807) is 6.92 Å². The molecule has 3 atom stereocenters. The van der Waals surface area contributed by atoms with Crippen LogP contribution in [0, 0.1) is 31.1 Å². The van der Waals surface area contributed by atoms with Gasteiger partial charge in [0.2, 0.25) is 5.91 Å². The van der Waals surface area contributed by atoms with Gasteiger partial charge in [-0.1, -0.05) is 12.1 Å². The van der Waals surface area contributed by atoms with Crippen LogP contribution in [0.2, 0.25) is 0 Å². The molecule has 3 rings (SSSR count). The molecule has 1 amide bonds. The zero-order valence-electron chi connectivity index (χ0n) is 17.8. The Kier molecular flexibility index (Phi) is 6.23. The highest BCUT2D eigenvalue weighted by atomic mass is 16.5. The van der Waals surface area contributed by atoms with E-state index in [4.69, 9.17) is 10.00 Å². The van der Waals surface area contributed by atoms with Crippen LogP contribution in [-0.4, -0.2) is 40.3 Å². The number of benzene rings is 1. The molecule has 0 radical (unpaired) electrons. The third-order valence-electron chi connectivity index (χ3n) is 5.71. The predicted molar refractivity (Wildman–Crippen MR) is 110 cm³/mol. The lowest BCUT2D eigenvalue weighted by molar-refractivity contribution is -0.127. The van der Waals surface area contributed by atoms with Gasteiger partial charge in [0.1, 0.15) is 11.8 Å². The van der Waals surface area contributed by atoms with E-state index in [1.807, 2.05) is 54.9 Å². The third-order valence-corrected chi connectivity index (χ3v) is 5.71. The van der Waals surface area contributed by atoms with Crippen molar-refractivity contribution in [2.45, 2.75) is 45.9 Å². The summed E-state index contributed by atoms with van der Waals surface area (Å²) in [5.74, 6) is 1.07. The molecule has 0 saturated carbocycles. The molecule has 2 aromatic rings. The number of aryl methyl sites for hydroxylation is 2. The highest BCUT2D eigenvalue weighted by Crippen LogP contribution is 2.39. The number of rotatable bonds is 7. The van der Waals surface area contributed by atoms with Crippen molar-refractivity contribution in [2.75, 3.05) is 13.6 Å². The number of amides is 1. The molecule has 29 heavy (non-hydrogen) atoms. The molecule has 1 aromatic heterocycles. The summed E-state index contributed by atoms with van der Waals surface area (Å²) < 4.78 is 7.37. The molecular weight excluding hydrogens is 366 g/mol. The van der Waals surface area contributed by atoms with Gasteiger partial charge in [0.25, 0.3) is 0 Å². The van der Waals surface area contributed by atoms with E-state index >= 15 is 0 Å². The molecule has 7 nitrogen and oxygen atoms in total. The molecule has 154 valence electrons. The first-order valence-electron chi connectivity index (χ1n) is 9.93. The molecule has 1 aliphatic rings. The van der Waals surface area contributed by atoms with Crippen molar-refractivity contribution in [3.8, 4) is 11.8 Å². The van der Waals surface area contributed by atoms with Crippen LogP contribution in [0.15, 0.2) is 24.3 Å². The van der Waals surface area contributed by atoms with E-state index in [0.717, 1.165) is 23.5 Å². The minimum atomic E-state index is -0.466. The fourth-order valence-electron chi connectivity index (χ4n) is 4.10. The Morgan fingerprint density at radius 3 is 2.59 bits per heavy atom. The van der Waals surface area contributed by atoms with Gasteiger partial charge in [0, 0.05) is 50.8 Å². The van der Waals surface area contributed by atoms with Crippen LogP contribution in [0.1, 0.15) is 41.9 Å². The van der Waals surface area contributed by atoms with Crippen molar-refractivity contribution in [3.05, 3.63) is 46.8 Å². The summed E-state index contributed by atoms with van der Waals surface area (Å²) in [6.45, 7) is 7.25. The highest BCUT2D eigenvalue weighted by molar-refractivity contribution is 5.79. The molecule has 1 aliphatic heterocycles. The van der Waals surface area contributed by atoms with Crippen molar-refractivity contribution in [1.29, 1.82) is 5.26 Å². The van der Waals surface area contributed by atoms with Crippen molar-refractivity contribution < 1.29 is 9.53 Å². The van der Waals surface area contributed by atoms with Gasteiger partial charge in [-0.2, -0.15) is 10.4 Å². The molecule has 0 bridgehead atoms. The summed E-state index contributed by atoms with van der Waals surface area (Å²) in [4.78, 5) is 14.3. The molecule has 2 heterocycles. The van der Waals surface area contributed by atoms with Crippen LogP contribution in [0.25, 0.3) is 0 Å². The number of ether oxygens (including phenoxy) is 1. The first kappa shape index (κ1) is 20.9. The topological polar surface area (TPSA) is 83.2 Å². The van der Waals surface area contributed by atoms with Gasteiger partial charge in [-0.15, -0.1) is 0 Å². The van der Waals surface area contributed by atoms with Crippen LogP contribution in [0.4, 0.5) is 0 Å². The molecule has 1 aromatic carbocycles. The summed E-state index contributed by atoms with van der Waals surface area (Å²) in [5, 5.41) is 16.9. The second-order valence-corrected chi connectivity index (χ2v) is 7.79. The van der Waals surface area contributed by atoms with Crippen LogP contribution >= 0.6 is 0 Å². The van der Waals surface area contributed by atoms with E-state index in [1.165, 1.54) is 5.56 Å². The maximum absolute atomic E-state index is 12.4. The number of aromatic nitrogens is 2. The monoisotopic (exact) mass is 395 g/mol. The Morgan fingerprint density at radius 1 is 1.31 bits per heavy atom. The molecule has 1 saturated heterocycles. The quantitative estimate of drug-likeness (QED) is 0.779. The van der Waals surface area contributed by atoms with Crippen molar-refractivity contribution in [3.63, 3.8) is 0 Å². The Bertz CT molecular complexity index is 913. The first-order valence-corrected chi connectivity index (χ1v) is 9.93. The Balaban J connectivity index is 1.63. The zero-order chi connectivity index (χ0) is 21.1. The maximum Gasteiger partial charge on any atom is 0.223 e.